The van der Waals surface area contributed by atoms with E-state index < -0.39 is 15.6 Å². The SMILES string of the molecule is CC(C)(N)CNC(=O)CCCS(=O)(=O)N1CCCC1.Cl. The Morgan fingerprint density at radius 1 is 1.30 bits per heavy atom. The van der Waals surface area contributed by atoms with E-state index in [0.717, 1.165) is 12.8 Å². The summed E-state index contributed by atoms with van der Waals surface area (Å²) in [4.78, 5) is 11.5. The van der Waals surface area contributed by atoms with Crippen LogP contribution in [0.25, 0.3) is 0 Å². The first-order chi connectivity index (χ1) is 8.71. The number of carbonyl (C=O) groups excluding carboxylic acids is 1. The maximum Gasteiger partial charge on any atom is 0.220 e. The predicted octanol–water partition coefficient (Wildman–Crippen LogP) is 0.468. The Morgan fingerprint density at radius 3 is 2.35 bits per heavy atom. The van der Waals surface area contributed by atoms with E-state index >= 15 is 0 Å². The van der Waals surface area contributed by atoms with Crippen LogP contribution in [0.1, 0.15) is 39.5 Å². The van der Waals surface area contributed by atoms with Gasteiger partial charge in [0, 0.05) is 31.6 Å². The molecular formula is C12H26ClN3O3S. The average Bonchev–Trinajstić information content (AvgIpc) is 2.79. The highest BCUT2D eigenvalue weighted by Gasteiger charge is 2.24. The number of nitrogens with two attached hydrogens (primary N) is 1. The second-order valence-corrected chi connectivity index (χ2v) is 7.88. The number of nitrogens with one attached hydrogen (secondary N) is 1. The van der Waals surface area contributed by atoms with Crippen molar-refractivity contribution in [2.24, 2.45) is 5.73 Å². The second-order valence-electron chi connectivity index (χ2n) is 5.79. The van der Waals surface area contributed by atoms with Crippen molar-refractivity contribution in [1.29, 1.82) is 0 Å². The fraction of sp³-hybridized carbons (Fsp3) is 0.917. The molecule has 1 heterocycles. The summed E-state index contributed by atoms with van der Waals surface area (Å²) < 4.78 is 25.3. The Balaban J connectivity index is 0.00000361. The Labute approximate surface area is 127 Å². The molecule has 0 aromatic heterocycles. The van der Waals surface area contributed by atoms with Gasteiger partial charge in [0.05, 0.1) is 5.75 Å². The first-order valence-electron chi connectivity index (χ1n) is 6.74. The smallest absolute Gasteiger partial charge is 0.220 e. The highest BCUT2D eigenvalue weighted by molar-refractivity contribution is 7.89. The van der Waals surface area contributed by atoms with E-state index in [-0.39, 0.29) is 30.5 Å². The van der Waals surface area contributed by atoms with Gasteiger partial charge in [-0.05, 0) is 33.1 Å². The molecule has 1 saturated heterocycles. The zero-order valence-electron chi connectivity index (χ0n) is 12.2. The minimum atomic E-state index is -3.17. The lowest BCUT2D eigenvalue weighted by atomic mass is 10.1. The lowest BCUT2D eigenvalue weighted by Gasteiger charge is -2.19. The number of hydrogen-bond donors (Lipinski definition) is 2. The third-order valence-electron chi connectivity index (χ3n) is 3.01. The first-order valence-corrected chi connectivity index (χ1v) is 8.35. The van der Waals surface area contributed by atoms with Crippen LogP contribution in [0.2, 0.25) is 0 Å². The molecule has 0 unspecified atom stereocenters. The summed E-state index contributed by atoms with van der Waals surface area (Å²) in [5, 5.41) is 2.71. The molecule has 3 N–H and O–H groups in total. The summed E-state index contributed by atoms with van der Waals surface area (Å²) in [6.45, 7) is 5.28. The van der Waals surface area contributed by atoms with Gasteiger partial charge < -0.3 is 11.1 Å². The molecule has 0 aliphatic carbocycles. The summed E-state index contributed by atoms with van der Waals surface area (Å²) in [5.74, 6) is -0.0953. The molecule has 0 radical (unpaired) electrons. The summed E-state index contributed by atoms with van der Waals surface area (Å²) in [7, 11) is -3.17. The molecule has 6 nitrogen and oxygen atoms in total. The van der Waals surface area contributed by atoms with Crippen molar-refractivity contribution in [1.82, 2.24) is 9.62 Å². The highest BCUT2D eigenvalue weighted by Crippen LogP contribution is 2.14. The standard InChI is InChI=1S/C12H25N3O3S.ClH/c1-12(2,13)10-14-11(16)6-5-9-19(17,18)15-7-3-4-8-15;/h3-10,13H2,1-2H3,(H,14,16);1H. The van der Waals surface area contributed by atoms with E-state index in [9.17, 15) is 13.2 Å². The highest BCUT2D eigenvalue weighted by atomic mass is 35.5. The van der Waals surface area contributed by atoms with Crippen LogP contribution in [-0.4, -0.2) is 49.6 Å². The molecule has 1 rings (SSSR count). The molecular weight excluding hydrogens is 302 g/mol. The number of sulfonamides is 1. The molecule has 0 aromatic rings. The molecule has 20 heavy (non-hydrogen) atoms. The maximum atomic E-state index is 11.9. The predicted molar refractivity (Wildman–Crippen MR) is 82.4 cm³/mol. The first kappa shape index (κ1) is 19.6. The minimum absolute atomic E-state index is 0. The van der Waals surface area contributed by atoms with Crippen LogP contribution in [0.5, 0.6) is 0 Å². The van der Waals surface area contributed by atoms with Crippen molar-refractivity contribution in [3.05, 3.63) is 0 Å². The fourth-order valence-corrected chi connectivity index (χ4v) is 3.51. The van der Waals surface area contributed by atoms with Crippen LogP contribution in [0.15, 0.2) is 0 Å². The van der Waals surface area contributed by atoms with Crippen molar-refractivity contribution in [2.45, 2.75) is 45.1 Å². The summed E-state index contributed by atoms with van der Waals surface area (Å²) in [6, 6.07) is 0. The van der Waals surface area contributed by atoms with Gasteiger partial charge in [0.2, 0.25) is 15.9 Å². The van der Waals surface area contributed by atoms with Crippen molar-refractivity contribution < 1.29 is 13.2 Å². The molecule has 1 aliphatic rings. The van der Waals surface area contributed by atoms with Gasteiger partial charge in [-0.3, -0.25) is 4.79 Å². The minimum Gasteiger partial charge on any atom is -0.354 e. The van der Waals surface area contributed by atoms with Gasteiger partial charge in [-0.2, -0.15) is 0 Å². The molecule has 1 amide bonds. The topological polar surface area (TPSA) is 92.5 Å². The molecule has 0 bridgehead atoms. The van der Waals surface area contributed by atoms with E-state index in [1.165, 1.54) is 4.31 Å². The third-order valence-corrected chi connectivity index (χ3v) is 4.96. The quantitative estimate of drug-likeness (QED) is 0.711. The molecule has 1 fully saturated rings. The average molecular weight is 328 g/mol. The van der Waals surface area contributed by atoms with Crippen molar-refractivity contribution >= 4 is 28.3 Å². The Hall–Kier alpha value is -0.370. The molecule has 0 atom stereocenters. The molecule has 0 spiro atoms. The van der Waals surface area contributed by atoms with Crippen LogP contribution < -0.4 is 11.1 Å². The van der Waals surface area contributed by atoms with E-state index in [0.29, 0.717) is 26.1 Å². The van der Waals surface area contributed by atoms with Gasteiger partial charge in [-0.1, -0.05) is 0 Å². The summed E-state index contributed by atoms with van der Waals surface area (Å²) in [5.41, 5.74) is 5.30. The fourth-order valence-electron chi connectivity index (χ4n) is 1.93. The molecule has 1 aliphatic heterocycles. The van der Waals surface area contributed by atoms with Crippen LogP contribution in [0, 0.1) is 0 Å². The second kappa shape index (κ2) is 8.17. The zero-order valence-corrected chi connectivity index (χ0v) is 13.9. The van der Waals surface area contributed by atoms with Gasteiger partial charge in [-0.15, -0.1) is 12.4 Å². The van der Waals surface area contributed by atoms with Crippen molar-refractivity contribution in [2.75, 3.05) is 25.4 Å². The van der Waals surface area contributed by atoms with Gasteiger partial charge in [0.1, 0.15) is 0 Å². The lowest BCUT2D eigenvalue weighted by Crippen LogP contribution is -2.45. The Morgan fingerprint density at radius 2 is 1.85 bits per heavy atom. The van der Waals surface area contributed by atoms with Crippen LogP contribution in [0.3, 0.4) is 0 Å². The Kier molecular flexibility index (Phi) is 8.01. The Bertz CT molecular complexity index is 401. The zero-order chi connectivity index (χ0) is 14.5. The summed E-state index contributed by atoms with van der Waals surface area (Å²) in [6.07, 6.45) is 2.45. The number of hydrogen-bond acceptors (Lipinski definition) is 4. The van der Waals surface area contributed by atoms with Gasteiger partial charge >= 0.3 is 0 Å². The largest absolute Gasteiger partial charge is 0.354 e. The van der Waals surface area contributed by atoms with E-state index in [1.807, 2.05) is 13.8 Å². The molecule has 0 saturated carbocycles. The maximum absolute atomic E-state index is 11.9. The summed E-state index contributed by atoms with van der Waals surface area (Å²) >= 11 is 0. The number of amides is 1. The number of carbonyl (C=O) groups is 1. The number of rotatable bonds is 7. The normalized spacial score (nSPS) is 16.8. The van der Waals surface area contributed by atoms with Gasteiger partial charge in [0.15, 0.2) is 0 Å². The molecule has 120 valence electrons. The van der Waals surface area contributed by atoms with E-state index in [2.05, 4.69) is 5.32 Å². The van der Waals surface area contributed by atoms with Crippen LogP contribution in [0.4, 0.5) is 0 Å². The van der Waals surface area contributed by atoms with Crippen molar-refractivity contribution in [3.8, 4) is 0 Å². The van der Waals surface area contributed by atoms with Crippen LogP contribution in [-0.2, 0) is 14.8 Å². The number of halogens is 1. The van der Waals surface area contributed by atoms with Gasteiger partial charge in [0.25, 0.3) is 0 Å². The van der Waals surface area contributed by atoms with E-state index in [4.69, 9.17) is 5.73 Å². The van der Waals surface area contributed by atoms with Crippen LogP contribution >= 0.6 is 12.4 Å². The van der Waals surface area contributed by atoms with Crippen molar-refractivity contribution in [3.63, 3.8) is 0 Å². The third kappa shape index (κ3) is 7.42. The molecule has 0 aromatic carbocycles. The number of nitrogens with zero attached hydrogens (tertiary/aromatic N) is 1. The lowest BCUT2D eigenvalue weighted by molar-refractivity contribution is -0.121. The van der Waals surface area contributed by atoms with E-state index in [1.54, 1.807) is 0 Å². The monoisotopic (exact) mass is 327 g/mol. The molecule has 8 heteroatoms. The van der Waals surface area contributed by atoms with Gasteiger partial charge in [-0.25, -0.2) is 12.7 Å².